The van der Waals surface area contributed by atoms with E-state index in [1.54, 1.807) is 0 Å². The Labute approximate surface area is 106 Å². The van der Waals surface area contributed by atoms with E-state index in [0.717, 1.165) is 15.5 Å². The summed E-state index contributed by atoms with van der Waals surface area (Å²) in [6, 6.07) is 16.0. The van der Waals surface area contributed by atoms with Gasteiger partial charge in [-0.15, -0.1) is 0 Å². The van der Waals surface area contributed by atoms with Gasteiger partial charge in [0.1, 0.15) is 7.85 Å². The second-order valence-corrected chi connectivity index (χ2v) is 4.47. The summed E-state index contributed by atoms with van der Waals surface area (Å²) in [4.78, 5) is 0. The highest BCUT2D eigenvalue weighted by atomic mass is 79.9. The molecule has 2 radical (unpaired) electrons. The Morgan fingerprint density at radius 2 is 1.19 bits per heavy atom. The maximum atomic E-state index is 5.62. The number of rotatable bonds is 2. The molecule has 0 atom stereocenters. The minimum Gasteiger partial charge on any atom is -0.0966 e. The van der Waals surface area contributed by atoms with Crippen LogP contribution in [0.4, 0.5) is 0 Å². The lowest BCUT2D eigenvalue weighted by Crippen LogP contribution is -1.98. The minimum atomic E-state index is 0.792. The fraction of sp³-hybridized carbons (Fsp3) is 0. The molecule has 76 valence electrons. The average molecular weight is 269 g/mol. The first-order chi connectivity index (χ1) is 7.74. The zero-order chi connectivity index (χ0) is 11.4. The highest BCUT2D eigenvalue weighted by Crippen LogP contribution is 2.12. The molecule has 2 heteroatoms. The second-order valence-electron chi connectivity index (χ2n) is 3.55. The summed E-state index contributed by atoms with van der Waals surface area (Å²) in [5, 5.41) is 0. The summed E-state index contributed by atoms with van der Waals surface area (Å²) in [5.41, 5.74) is 3.12. The third-order valence-corrected chi connectivity index (χ3v) is 2.80. The Hall–Kier alpha value is -1.28. The van der Waals surface area contributed by atoms with E-state index in [4.69, 9.17) is 7.85 Å². The van der Waals surface area contributed by atoms with E-state index in [1.165, 1.54) is 5.56 Å². The summed E-state index contributed by atoms with van der Waals surface area (Å²) >= 11 is 3.41. The number of hydrogen-bond donors (Lipinski definition) is 0. The first-order valence-electron chi connectivity index (χ1n) is 5.03. The summed E-state index contributed by atoms with van der Waals surface area (Å²) < 4.78 is 1.09. The van der Waals surface area contributed by atoms with Crippen LogP contribution in [0.3, 0.4) is 0 Å². The fourth-order valence-electron chi connectivity index (χ4n) is 1.37. The van der Waals surface area contributed by atoms with Crippen LogP contribution < -0.4 is 5.46 Å². The second kappa shape index (κ2) is 5.17. The van der Waals surface area contributed by atoms with Crippen LogP contribution in [0.2, 0.25) is 0 Å². The molecule has 0 fully saturated rings. The molecule has 2 aromatic carbocycles. The predicted molar refractivity (Wildman–Crippen MR) is 74.9 cm³/mol. The molecule has 0 saturated heterocycles. The zero-order valence-electron chi connectivity index (χ0n) is 8.73. The molecule has 0 aromatic heterocycles. The highest BCUT2D eigenvalue weighted by Gasteiger charge is 1.89. The van der Waals surface area contributed by atoms with Gasteiger partial charge in [-0.3, -0.25) is 0 Å². The summed E-state index contributed by atoms with van der Waals surface area (Å²) in [6.07, 6.45) is 4.15. The van der Waals surface area contributed by atoms with Gasteiger partial charge in [0.25, 0.3) is 0 Å². The lowest BCUT2D eigenvalue weighted by Gasteiger charge is -1.96. The maximum Gasteiger partial charge on any atom is 0.113 e. The molecule has 0 N–H and O–H groups in total. The van der Waals surface area contributed by atoms with Crippen molar-refractivity contribution >= 4 is 41.4 Å². The largest absolute Gasteiger partial charge is 0.113 e. The third-order valence-electron chi connectivity index (χ3n) is 2.27. The van der Waals surface area contributed by atoms with Crippen LogP contribution in [-0.2, 0) is 0 Å². The van der Waals surface area contributed by atoms with Crippen molar-refractivity contribution in [3.05, 3.63) is 64.1 Å². The van der Waals surface area contributed by atoms with Crippen molar-refractivity contribution in [3.63, 3.8) is 0 Å². The van der Waals surface area contributed by atoms with Crippen molar-refractivity contribution in [3.8, 4) is 0 Å². The summed E-state index contributed by atoms with van der Waals surface area (Å²) in [7, 11) is 5.62. The first kappa shape index (κ1) is 11.2. The molecule has 0 aliphatic carbocycles. The molecule has 0 aliphatic rings. The summed E-state index contributed by atoms with van der Waals surface area (Å²) in [6.45, 7) is 0. The lowest BCUT2D eigenvalue weighted by molar-refractivity contribution is 1.61. The average Bonchev–Trinajstić information content (AvgIpc) is 2.30. The van der Waals surface area contributed by atoms with Crippen LogP contribution in [0.1, 0.15) is 11.1 Å². The van der Waals surface area contributed by atoms with Crippen molar-refractivity contribution < 1.29 is 0 Å². The quantitative estimate of drug-likeness (QED) is 0.579. The fourth-order valence-corrected chi connectivity index (χ4v) is 1.64. The van der Waals surface area contributed by atoms with E-state index in [9.17, 15) is 0 Å². The van der Waals surface area contributed by atoms with E-state index in [1.807, 2.05) is 36.4 Å². The normalized spacial score (nSPS) is 10.8. The Balaban J connectivity index is 2.15. The van der Waals surface area contributed by atoms with Crippen LogP contribution in [0.15, 0.2) is 53.0 Å². The van der Waals surface area contributed by atoms with Crippen molar-refractivity contribution in [2.75, 3.05) is 0 Å². The molecule has 0 nitrogen and oxygen atoms in total. The molecule has 2 rings (SSSR count). The zero-order valence-corrected chi connectivity index (χ0v) is 10.3. The van der Waals surface area contributed by atoms with Gasteiger partial charge >= 0.3 is 0 Å². The van der Waals surface area contributed by atoms with Crippen LogP contribution in [-0.4, -0.2) is 7.85 Å². The van der Waals surface area contributed by atoms with Gasteiger partial charge < -0.3 is 0 Å². The Morgan fingerprint density at radius 1 is 0.750 bits per heavy atom. The van der Waals surface area contributed by atoms with Crippen molar-refractivity contribution in [2.24, 2.45) is 0 Å². The third kappa shape index (κ3) is 3.11. The van der Waals surface area contributed by atoms with Crippen LogP contribution in [0.5, 0.6) is 0 Å². The number of hydrogen-bond acceptors (Lipinski definition) is 0. The van der Waals surface area contributed by atoms with Crippen LogP contribution in [0, 0.1) is 0 Å². The van der Waals surface area contributed by atoms with Crippen molar-refractivity contribution in [2.45, 2.75) is 0 Å². The molecular weight excluding hydrogens is 259 g/mol. The molecular formula is C14H10BBr. The topological polar surface area (TPSA) is 0 Å². The molecule has 0 aliphatic heterocycles. The van der Waals surface area contributed by atoms with E-state index < -0.39 is 0 Å². The van der Waals surface area contributed by atoms with Crippen LogP contribution in [0.25, 0.3) is 12.2 Å². The first-order valence-corrected chi connectivity index (χ1v) is 5.82. The summed E-state index contributed by atoms with van der Waals surface area (Å²) in [5.74, 6) is 0. The highest BCUT2D eigenvalue weighted by molar-refractivity contribution is 9.10. The maximum absolute atomic E-state index is 5.62. The molecule has 0 unspecified atom stereocenters. The van der Waals surface area contributed by atoms with E-state index in [-0.39, 0.29) is 0 Å². The molecule has 0 amide bonds. The molecule has 2 aromatic rings. The van der Waals surface area contributed by atoms with Gasteiger partial charge in [-0.05, 0) is 23.3 Å². The minimum absolute atomic E-state index is 0.792. The van der Waals surface area contributed by atoms with E-state index in [2.05, 4.69) is 40.2 Å². The van der Waals surface area contributed by atoms with Gasteiger partial charge in [0.15, 0.2) is 0 Å². The standard InChI is InChI=1S/C14H10BBr/c15-13-7-3-11(4-8-13)1-2-12-5-9-14(16)10-6-12/h1-10H/b2-1-. The van der Waals surface area contributed by atoms with E-state index >= 15 is 0 Å². The molecule has 0 heterocycles. The predicted octanol–water partition coefficient (Wildman–Crippen LogP) is 3.41. The molecule has 0 spiro atoms. The van der Waals surface area contributed by atoms with E-state index in [0.29, 0.717) is 0 Å². The van der Waals surface area contributed by atoms with Crippen LogP contribution >= 0.6 is 15.9 Å². The van der Waals surface area contributed by atoms with Gasteiger partial charge in [-0.25, -0.2) is 0 Å². The van der Waals surface area contributed by atoms with Gasteiger partial charge in [-0.1, -0.05) is 69.9 Å². The molecule has 16 heavy (non-hydrogen) atoms. The Bertz CT molecular complexity index is 436. The van der Waals surface area contributed by atoms with Gasteiger partial charge in [0.2, 0.25) is 0 Å². The SMILES string of the molecule is [B]c1ccc(/C=C\c2ccc(Br)cc2)cc1. The van der Waals surface area contributed by atoms with Crippen molar-refractivity contribution in [1.29, 1.82) is 0 Å². The molecule has 0 bridgehead atoms. The van der Waals surface area contributed by atoms with Gasteiger partial charge in [-0.2, -0.15) is 0 Å². The lowest BCUT2D eigenvalue weighted by atomic mass is 9.95. The number of benzene rings is 2. The van der Waals surface area contributed by atoms with Gasteiger partial charge in [0, 0.05) is 4.47 Å². The van der Waals surface area contributed by atoms with Crippen molar-refractivity contribution in [1.82, 2.24) is 0 Å². The Morgan fingerprint density at radius 3 is 1.69 bits per heavy atom. The molecule has 0 saturated carbocycles. The Kier molecular flexibility index (Phi) is 3.63. The smallest absolute Gasteiger partial charge is 0.0966 e. The van der Waals surface area contributed by atoms with Gasteiger partial charge in [0.05, 0.1) is 0 Å². The monoisotopic (exact) mass is 268 g/mol. The number of halogens is 1.